The second-order valence-electron chi connectivity index (χ2n) is 5.79. The van der Waals surface area contributed by atoms with Gasteiger partial charge >= 0.3 is 0 Å². The van der Waals surface area contributed by atoms with Gasteiger partial charge in [-0.3, -0.25) is 4.79 Å². The molecule has 0 saturated heterocycles. The standard InChI is InChI=1S/C21H22N4O/c1-3-16-10-8-9-13-18(16)23-21-22-15-14-19(24-21)20(26)25(4-2)17-11-6-5-7-12-17/h5-15H,3-4H2,1-2H3,(H,22,23,24). The fraction of sp³-hybridized carbons (Fsp3) is 0.190. The van der Waals surface area contributed by atoms with Gasteiger partial charge in [0.2, 0.25) is 5.95 Å². The lowest BCUT2D eigenvalue weighted by Crippen LogP contribution is -2.31. The second kappa shape index (κ2) is 8.25. The molecule has 5 nitrogen and oxygen atoms in total. The van der Waals surface area contributed by atoms with Crippen molar-refractivity contribution in [2.24, 2.45) is 0 Å². The molecule has 0 aliphatic rings. The number of carbonyl (C=O) groups excluding carboxylic acids is 1. The molecule has 1 N–H and O–H groups in total. The number of para-hydroxylation sites is 2. The van der Waals surface area contributed by atoms with Crippen LogP contribution in [0.1, 0.15) is 29.9 Å². The highest BCUT2D eigenvalue weighted by molar-refractivity contribution is 6.04. The molecule has 0 spiro atoms. The minimum absolute atomic E-state index is 0.145. The molecule has 1 heterocycles. The molecular formula is C21H22N4O. The lowest BCUT2D eigenvalue weighted by Gasteiger charge is -2.20. The summed E-state index contributed by atoms with van der Waals surface area (Å²) in [5.74, 6) is 0.272. The number of hydrogen-bond acceptors (Lipinski definition) is 4. The summed E-state index contributed by atoms with van der Waals surface area (Å²) in [6, 6.07) is 19.3. The fourth-order valence-corrected chi connectivity index (χ4v) is 2.80. The van der Waals surface area contributed by atoms with Crippen LogP contribution < -0.4 is 10.2 Å². The molecule has 26 heavy (non-hydrogen) atoms. The van der Waals surface area contributed by atoms with E-state index in [2.05, 4.69) is 28.3 Å². The molecule has 132 valence electrons. The Bertz CT molecular complexity index is 880. The van der Waals surface area contributed by atoms with Crippen LogP contribution in [0.5, 0.6) is 0 Å². The van der Waals surface area contributed by atoms with Gasteiger partial charge in [-0.05, 0) is 43.2 Å². The van der Waals surface area contributed by atoms with Crippen molar-refractivity contribution in [1.82, 2.24) is 9.97 Å². The molecule has 0 unspecified atom stereocenters. The molecule has 3 aromatic rings. The van der Waals surface area contributed by atoms with E-state index >= 15 is 0 Å². The Hall–Kier alpha value is -3.21. The Balaban J connectivity index is 1.85. The van der Waals surface area contributed by atoms with E-state index in [-0.39, 0.29) is 5.91 Å². The minimum Gasteiger partial charge on any atom is -0.324 e. The Morgan fingerprint density at radius 1 is 1.00 bits per heavy atom. The zero-order valence-corrected chi connectivity index (χ0v) is 15.0. The number of benzene rings is 2. The van der Waals surface area contributed by atoms with Crippen LogP contribution in [0.4, 0.5) is 17.3 Å². The summed E-state index contributed by atoms with van der Waals surface area (Å²) in [5, 5.41) is 3.22. The highest BCUT2D eigenvalue weighted by atomic mass is 16.2. The van der Waals surface area contributed by atoms with Crippen LogP contribution in [-0.2, 0) is 6.42 Å². The van der Waals surface area contributed by atoms with E-state index in [1.54, 1.807) is 17.2 Å². The molecule has 2 aromatic carbocycles. The number of amides is 1. The third-order valence-corrected chi connectivity index (χ3v) is 4.15. The van der Waals surface area contributed by atoms with Crippen LogP contribution in [-0.4, -0.2) is 22.4 Å². The second-order valence-corrected chi connectivity index (χ2v) is 5.79. The Kier molecular flexibility index (Phi) is 5.59. The number of aromatic nitrogens is 2. The molecule has 5 heteroatoms. The van der Waals surface area contributed by atoms with Crippen molar-refractivity contribution in [2.45, 2.75) is 20.3 Å². The first kappa shape index (κ1) is 17.6. The van der Waals surface area contributed by atoms with Crippen LogP contribution >= 0.6 is 0 Å². The van der Waals surface area contributed by atoms with E-state index in [0.717, 1.165) is 17.8 Å². The zero-order valence-electron chi connectivity index (χ0n) is 15.0. The topological polar surface area (TPSA) is 58.1 Å². The van der Waals surface area contributed by atoms with Gasteiger partial charge in [0, 0.05) is 24.1 Å². The van der Waals surface area contributed by atoms with Crippen LogP contribution in [0.25, 0.3) is 0 Å². The van der Waals surface area contributed by atoms with Crippen LogP contribution in [0.15, 0.2) is 66.9 Å². The molecule has 3 rings (SSSR count). The maximum absolute atomic E-state index is 12.9. The number of anilines is 3. The quantitative estimate of drug-likeness (QED) is 0.716. The number of rotatable bonds is 6. The molecule has 0 atom stereocenters. The van der Waals surface area contributed by atoms with Crippen LogP contribution in [0.2, 0.25) is 0 Å². The number of aryl methyl sites for hydroxylation is 1. The highest BCUT2D eigenvalue weighted by Gasteiger charge is 2.18. The highest BCUT2D eigenvalue weighted by Crippen LogP contribution is 2.20. The lowest BCUT2D eigenvalue weighted by molar-refractivity contribution is 0.0983. The minimum atomic E-state index is -0.145. The first-order valence-corrected chi connectivity index (χ1v) is 8.77. The van der Waals surface area contributed by atoms with Crippen LogP contribution in [0.3, 0.4) is 0 Å². The summed E-state index contributed by atoms with van der Waals surface area (Å²) >= 11 is 0. The molecule has 0 aliphatic carbocycles. The van der Waals surface area contributed by atoms with E-state index in [1.807, 2.05) is 55.5 Å². The SMILES string of the molecule is CCc1ccccc1Nc1nccc(C(=O)N(CC)c2ccccc2)n1. The largest absolute Gasteiger partial charge is 0.324 e. The summed E-state index contributed by atoms with van der Waals surface area (Å²) < 4.78 is 0. The first-order valence-electron chi connectivity index (χ1n) is 8.77. The molecule has 1 aromatic heterocycles. The predicted molar refractivity (Wildman–Crippen MR) is 105 cm³/mol. The zero-order chi connectivity index (χ0) is 18.4. The molecule has 0 fully saturated rings. The van der Waals surface area contributed by atoms with E-state index in [0.29, 0.717) is 18.2 Å². The average Bonchev–Trinajstić information content (AvgIpc) is 2.70. The predicted octanol–water partition coefficient (Wildman–Crippen LogP) is 4.45. The van der Waals surface area contributed by atoms with Gasteiger partial charge in [-0.1, -0.05) is 43.3 Å². The van der Waals surface area contributed by atoms with Gasteiger partial charge in [0.15, 0.2) is 0 Å². The normalized spacial score (nSPS) is 10.4. The van der Waals surface area contributed by atoms with Gasteiger partial charge in [-0.25, -0.2) is 9.97 Å². The Morgan fingerprint density at radius 2 is 1.73 bits per heavy atom. The summed E-state index contributed by atoms with van der Waals surface area (Å²) in [7, 11) is 0. The number of carbonyl (C=O) groups is 1. The first-order chi connectivity index (χ1) is 12.7. The van der Waals surface area contributed by atoms with Gasteiger partial charge < -0.3 is 10.2 Å². The van der Waals surface area contributed by atoms with E-state index in [4.69, 9.17) is 0 Å². The molecule has 0 aliphatic heterocycles. The Morgan fingerprint density at radius 3 is 2.46 bits per heavy atom. The van der Waals surface area contributed by atoms with E-state index in [9.17, 15) is 4.79 Å². The van der Waals surface area contributed by atoms with Gasteiger partial charge in [-0.2, -0.15) is 0 Å². The fourth-order valence-electron chi connectivity index (χ4n) is 2.80. The number of nitrogens with one attached hydrogen (secondary N) is 1. The Labute approximate surface area is 153 Å². The van der Waals surface area contributed by atoms with Gasteiger partial charge in [0.25, 0.3) is 5.91 Å². The molecule has 0 bridgehead atoms. The monoisotopic (exact) mass is 346 g/mol. The summed E-state index contributed by atoms with van der Waals surface area (Å²) in [5.41, 5.74) is 3.34. The maximum atomic E-state index is 12.9. The van der Waals surface area contributed by atoms with Crippen molar-refractivity contribution in [3.63, 3.8) is 0 Å². The third-order valence-electron chi connectivity index (χ3n) is 4.15. The molecule has 0 radical (unpaired) electrons. The molecule has 1 amide bonds. The van der Waals surface area contributed by atoms with Crippen molar-refractivity contribution < 1.29 is 4.79 Å². The number of hydrogen-bond donors (Lipinski definition) is 1. The van der Waals surface area contributed by atoms with Gasteiger partial charge in [-0.15, -0.1) is 0 Å². The molecule has 0 saturated carbocycles. The van der Waals surface area contributed by atoms with Crippen LogP contribution in [0, 0.1) is 0 Å². The van der Waals surface area contributed by atoms with Crippen molar-refractivity contribution in [1.29, 1.82) is 0 Å². The third kappa shape index (κ3) is 3.88. The van der Waals surface area contributed by atoms with E-state index < -0.39 is 0 Å². The van der Waals surface area contributed by atoms with Crippen molar-refractivity contribution in [3.05, 3.63) is 78.1 Å². The number of nitrogens with zero attached hydrogens (tertiary/aromatic N) is 3. The lowest BCUT2D eigenvalue weighted by atomic mass is 10.1. The summed E-state index contributed by atoms with van der Waals surface area (Å²) in [4.78, 5) is 23.3. The summed E-state index contributed by atoms with van der Waals surface area (Å²) in [6.45, 7) is 4.61. The maximum Gasteiger partial charge on any atom is 0.277 e. The molecular weight excluding hydrogens is 324 g/mol. The average molecular weight is 346 g/mol. The smallest absolute Gasteiger partial charge is 0.277 e. The van der Waals surface area contributed by atoms with Crippen molar-refractivity contribution in [3.8, 4) is 0 Å². The summed E-state index contributed by atoms with van der Waals surface area (Å²) in [6.07, 6.45) is 2.51. The van der Waals surface area contributed by atoms with Gasteiger partial charge in [0.1, 0.15) is 5.69 Å². The van der Waals surface area contributed by atoms with E-state index in [1.165, 1.54) is 5.56 Å². The van der Waals surface area contributed by atoms with Crippen molar-refractivity contribution in [2.75, 3.05) is 16.8 Å². The van der Waals surface area contributed by atoms with Crippen molar-refractivity contribution >= 4 is 23.2 Å². The van der Waals surface area contributed by atoms with Gasteiger partial charge in [0.05, 0.1) is 0 Å².